The van der Waals surface area contributed by atoms with Gasteiger partial charge in [-0.3, -0.25) is 4.90 Å². The number of fused-ring (bicyclic) bond motifs is 1. The predicted octanol–water partition coefficient (Wildman–Crippen LogP) is 2.36. The van der Waals surface area contributed by atoms with Gasteiger partial charge < -0.3 is 24.1 Å². The molecule has 2 saturated heterocycles. The van der Waals surface area contributed by atoms with Gasteiger partial charge in [-0.15, -0.1) is 0 Å². The smallest absolute Gasteiger partial charge is 0.475 e. The van der Waals surface area contributed by atoms with E-state index in [0.717, 1.165) is 45.0 Å². The number of hydrogen-bond donors (Lipinski definition) is 1. The minimum Gasteiger partial charge on any atom is -0.475 e. The second-order valence-electron chi connectivity index (χ2n) is 7.79. The van der Waals surface area contributed by atoms with Crippen molar-refractivity contribution in [1.29, 1.82) is 0 Å². The molecular formula is C19H28F3N3O5. The van der Waals surface area contributed by atoms with Gasteiger partial charge in [0.1, 0.15) is 5.76 Å². The summed E-state index contributed by atoms with van der Waals surface area (Å²) in [4.78, 5) is 26.9. The van der Waals surface area contributed by atoms with Crippen LogP contribution in [0.25, 0.3) is 0 Å². The topological polar surface area (TPSA) is 86.5 Å². The van der Waals surface area contributed by atoms with Crippen LogP contribution in [0, 0.1) is 11.8 Å². The number of carbonyl (C=O) groups is 2. The van der Waals surface area contributed by atoms with Gasteiger partial charge in [-0.2, -0.15) is 13.2 Å². The van der Waals surface area contributed by atoms with Gasteiger partial charge in [0, 0.05) is 39.6 Å². The number of amides is 2. The molecule has 0 aromatic carbocycles. The maximum absolute atomic E-state index is 12.1. The van der Waals surface area contributed by atoms with E-state index in [9.17, 15) is 18.0 Å². The Kier molecular flexibility index (Phi) is 8.13. The van der Waals surface area contributed by atoms with Crippen molar-refractivity contribution in [3.63, 3.8) is 0 Å². The third kappa shape index (κ3) is 6.63. The summed E-state index contributed by atoms with van der Waals surface area (Å²) in [7, 11) is 5.72. The Morgan fingerprint density at radius 3 is 2.50 bits per heavy atom. The van der Waals surface area contributed by atoms with Gasteiger partial charge in [-0.1, -0.05) is 0 Å². The first-order valence-electron chi connectivity index (χ1n) is 9.58. The molecule has 0 bridgehead atoms. The van der Waals surface area contributed by atoms with Gasteiger partial charge in [-0.05, 0) is 31.5 Å². The summed E-state index contributed by atoms with van der Waals surface area (Å²) in [6, 6.07) is 4.03. The molecule has 3 heterocycles. The highest BCUT2D eigenvalue weighted by Crippen LogP contribution is 2.35. The molecule has 3 atom stereocenters. The summed E-state index contributed by atoms with van der Waals surface area (Å²) in [6.45, 7) is 4.13. The molecule has 0 saturated carbocycles. The lowest BCUT2D eigenvalue weighted by Gasteiger charge is -2.37. The Morgan fingerprint density at radius 2 is 1.97 bits per heavy atom. The van der Waals surface area contributed by atoms with Crippen molar-refractivity contribution < 1.29 is 37.0 Å². The first-order valence-corrected chi connectivity index (χ1v) is 9.58. The number of furan rings is 1. The van der Waals surface area contributed by atoms with E-state index in [1.807, 2.05) is 31.1 Å². The molecule has 3 rings (SSSR count). The Morgan fingerprint density at radius 1 is 1.30 bits per heavy atom. The van der Waals surface area contributed by atoms with Crippen LogP contribution in [0.2, 0.25) is 0 Å². The summed E-state index contributed by atoms with van der Waals surface area (Å²) in [6.07, 6.45) is -2.08. The minimum absolute atomic E-state index is 0.113. The van der Waals surface area contributed by atoms with Crippen LogP contribution in [0.3, 0.4) is 0 Å². The number of ether oxygens (including phenoxy) is 1. The third-order valence-corrected chi connectivity index (χ3v) is 5.19. The summed E-state index contributed by atoms with van der Waals surface area (Å²) in [5.41, 5.74) is 0. The Labute approximate surface area is 173 Å². The number of nitrogens with zero attached hydrogens (tertiary/aromatic N) is 3. The largest absolute Gasteiger partial charge is 0.490 e. The summed E-state index contributed by atoms with van der Waals surface area (Å²) >= 11 is 0. The fourth-order valence-electron chi connectivity index (χ4n) is 3.77. The van der Waals surface area contributed by atoms with Crippen molar-refractivity contribution >= 4 is 12.0 Å². The van der Waals surface area contributed by atoms with Crippen LogP contribution in [-0.2, 0) is 16.1 Å². The van der Waals surface area contributed by atoms with Crippen LogP contribution >= 0.6 is 0 Å². The van der Waals surface area contributed by atoms with E-state index in [-0.39, 0.29) is 12.1 Å². The predicted molar refractivity (Wildman–Crippen MR) is 101 cm³/mol. The van der Waals surface area contributed by atoms with Crippen molar-refractivity contribution in [2.45, 2.75) is 25.2 Å². The highest BCUT2D eigenvalue weighted by Gasteiger charge is 2.42. The third-order valence-electron chi connectivity index (χ3n) is 5.19. The molecule has 11 heteroatoms. The maximum Gasteiger partial charge on any atom is 0.490 e. The van der Waals surface area contributed by atoms with Gasteiger partial charge in [0.25, 0.3) is 0 Å². The number of aliphatic carboxylic acids is 1. The molecule has 1 aromatic heterocycles. The lowest BCUT2D eigenvalue weighted by atomic mass is 9.84. The fraction of sp³-hybridized carbons (Fsp3) is 0.684. The van der Waals surface area contributed by atoms with Gasteiger partial charge in [0.15, 0.2) is 0 Å². The number of carboxylic acid groups (broad SMARTS) is 1. The van der Waals surface area contributed by atoms with Gasteiger partial charge >= 0.3 is 18.2 Å². The number of urea groups is 1. The molecule has 1 aromatic rings. The molecule has 2 aliphatic rings. The van der Waals surface area contributed by atoms with E-state index in [1.165, 1.54) is 0 Å². The fourth-order valence-corrected chi connectivity index (χ4v) is 3.77. The van der Waals surface area contributed by atoms with Crippen molar-refractivity contribution in [3.05, 3.63) is 24.2 Å². The van der Waals surface area contributed by atoms with Gasteiger partial charge in [-0.25, -0.2) is 9.59 Å². The molecule has 0 aliphatic carbocycles. The number of carbonyl (C=O) groups excluding carboxylic acids is 1. The van der Waals surface area contributed by atoms with E-state index in [1.54, 1.807) is 11.2 Å². The van der Waals surface area contributed by atoms with E-state index in [4.69, 9.17) is 19.1 Å². The number of halogens is 3. The maximum atomic E-state index is 12.1. The zero-order valence-electron chi connectivity index (χ0n) is 17.3. The minimum atomic E-state index is -5.08. The second-order valence-corrected chi connectivity index (χ2v) is 7.79. The van der Waals surface area contributed by atoms with Crippen molar-refractivity contribution in [2.75, 3.05) is 47.4 Å². The van der Waals surface area contributed by atoms with Crippen molar-refractivity contribution in [2.24, 2.45) is 11.8 Å². The van der Waals surface area contributed by atoms with E-state index in [2.05, 4.69) is 11.9 Å². The molecule has 2 amide bonds. The number of likely N-dealkylation sites (tertiary alicyclic amines) is 1. The molecule has 170 valence electrons. The lowest BCUT2D eigenvalue weighted by Crippen LogP contribution is -2.48. The average Bonchev–Trinajstić information content (AvgIpc) is 3.30. The van der Waals surface area contributed by atoms with Gasteiger partial charge in [0.2, 0.25) is 0 Å². The second kappa shape index (κ2) is 10.2. The van der Waals surface area contributed by atoms with Crippen LogP contribution in [0.4, 0.5) is 18.0 Å². The van der Waals surface area contributed by atoms with E-state index < -0.39 is 12.1 Å². The summed E-state index contributed by atoms with van der Waals surface area (Å²) < 4.78 is 43.2. The van der Waals surface area contributed by atoms with Gasteiger partial charge in [0.05, 0.1) is 25.5 Å². The molecule has 2 aliphatic heterocycles. The molecule has 2 fully saturated rings. The van der Waals surface area contributed by atoms with Crippen LogP contribution in [0.15, 0.2) is 22.8 Å². The zero-order chi connectivity index (χ0) is 22.5. The molecule has 0 spiro atoms. The zero-order valence-corrected chi connectivity index (χ0v) is 17.3. The van der Waals surface area contributed by atoms with Crippen LogP contribution < -0.4 is 0 Å². The SMILES string of the molecule is CN(Cc1ccco1)C[C@@H]1OC[C@H]2CN(C(=O)N(C)C)CC[C@H]21.O=C(O)C(F)(F)F. The molecule has 8 nitrogen and oxygen atoms in total. The quantitative estimate of drug-likeness (QED) is 0.782. The number of rotatable bonds is 4. The number of alkyl halides is 3. The highest BCUT2D eigenvalue weighted by molar-refractivity contribution is 5.74. The number of hydrogen-bond acceptors (Lipinski definition) is 5. The standard InChI is InChI=1S/C17H27N3O3.C2HF3O2/c1-18(2)17(21)20-7-6-15-13(9-20)12-23-16(15)11-19(3)10-14-5-4-8-22-14;3-2(4,5)1(6)7/h4-5,8,13,15-16H,6-7,9-12H2,1-3H3;(H,6,7)/t13-,15-,16+;/m1./s1. The average molecular weight is 435 g/mol. The lowest BCUT2D eigenvalue weighted by molar-refractivity contribution is -0.192. The molecular weight excluding hydrogens is 407 g/mol. The van der Waals surface area contributed by atoms with Crippen LogP contribution in [0.1, 0.15) is 12.2 Å². The van der Waals surface area contributed by atoms with Crippen molar-refractivity contribution in [3.8, 4) is 0 Å². The number of likely N-dealkylation sites (N-methyl/N-ethyl adjacent to an activating group) is 1. The van der Waals surface area contributed by atoms with Crippen molar-refractivity contribution in [1.82, 2.24) is 14.7 Å². The Balaban J connectivity index is 0.000000396. The first kappa shape index (κ1) is 24.0. The first-order chi connectivity index (χ1) is 14.0. The van der Waals surface area contributed by atoms with E-state index >= 15 is 0 Å². The monoisotopic (exact) mass is 435 g/mol. The normalized spacial score (nSPS) is 23.6. The summed E-state index contributed by atoms with van der Waals surface area (Å²) in [5, 5.41) is 7.12. The summed E-state index contributed by atoms with van der Waals surface area (Å²) in [5.74, 6) is -0.754. The van der Waals surface area contributed by atoms with Crippen LogP contribution in [0.5, 0.6) is 0 Å². The molecule has 0 radical (unpaired) electrons. The van der Waals surface area contributed by atoms with E-state index in [0.29, 0.717) is 11.8 Å². The Hall–Kier alpha value is -2.27. The number of carboxylic acids is 1. The number of piperidine rings is 1. The molecule has 1 N–H and O–H groups in total. The van der Waals surface area contributed by atoms with Crippen LogP contribution in [-0.4, -0.2) is 91.5 Å². The highest BCUT2D eigenvalue weighted by atomic mass is 19.4. The Bertz CT molecular complexity index is 696. The molecule has 0 unspecified atom stereocenters. The molecule has 30 heavy (non-hydrogen) atoms.